The van der Waals surface area contributed by atoms with Crippen molar-refractivity contribution in [3.8, 4) is 0 Å². The first-order valence-electron chi connectivity index (χ1n) is 7.17. The van der Waals surface area contributed by atoms with Crippen LogP contribution in [0.4, 0.5) is 0 Å². The molecule has 1 amide bonds. The van der Waals surface area contributed by atoms with E-state index in [0.717, 1.165) is 18.5 Å². The SMILES string of the molecule is Cl.O=C(NCC1CNCC1O)C1CC1c1ccc(Cl)c(Cl)c1. The maximum absolute atomic E-state index is 12.1. The molecule has 4 unspecified atom stereocenters. The Bertz CT molecular complexity index is 556. The van der Waals surface area contributed by atoms with E-state index in [-0.39, 0.29) is 42.2 Å². The first-order chi connectivity index (χ1) is 10.1. The van der Waals surface area contributed by atoms with E-state index in [1.807, 2.05) is 12.1 Å². The average molecular weight is 366 g/mol. The molecule has 1 aliphatic carbocycles. The van der Waals surface area contributed by atoms with Gasteiger partial charge in [0.2, 0.25) is 5.91 Å². The number of β-amino-alcohol motifs (C(OH)–C–C–N with tert-alkyl or cyclic N) is 1. The minimum absolute atomic E-state index is 0. The standard InChI is InChI=1S/C15H18Cl2N2O2.ClH/c16-12-2-1-8(3-13(12)17)10-4-11(10)15(21)19-6-9-5-18-7-14(9)20;/h1-3,9-11,14,18,20H,4-7H2,(H,19,21);1H. The van der Waals surface area contributed by atoms with Crippen LogP contribution in [0.1, 0.15) is 17.9 Å². The molecule has 1 aromatic rings. The summed E-state index contributed by atoms with van der Waals surface area (Å²) in [6.45, 7) is 1.88. The highest BCUT2D eigenvalue weighted by atomic mass is 35.5. The molecule has 122 valence electrons. The minimum atomic E-state index is -0.365. The van der Waals surface area contributed by atoms with Crippen LogP contribution in [0.5, 0.6) is 0 Å². The van der Waals surface area contributed by atoms with Crippen molar-refractivity contribution in [3.05, 3.63) is 33.8 Å². The van der Waals surface area contributed by atoms with Gasteiger partial charge in [-0.05, 0) is 30.0 Å². The summed E-state index contributed by atoms with van der Waals surface area (Å²) in [5, 5.41) is 16.8. The van der Waals surface area contributed by atoms with Gasteiger partial charge in [-0.25, -0.2) is 0 Å². The molecular weight excluding hydrogens is 347 g/mol. The van der Waals surface area contributed by atoms with Crippen LogP contribution in [0.15, 0.2) is 18.2 Å². The Hall–Kier alpha value is -0.520. The van der Waals surface area contributed by atoms with Crippen LogP contribution in [0.2, 0.25) is 10.0 Å². The lowest BCUT2D eigenvalue weighted by Crippen LogP contribution is -2.35. The summed E-state index contributed by atoms with van der Waals surface area (Å²) in [4.78, 5) is 12.1. The van der Waals surface area contributed by atoms with E-state index in [4.69, 9.17) is 23.2 Å². The van der Waals surface area contributed by atoms with E-state index in [1.54, 1.807) is 6.07 Å². The summed E-state index contributed by atoms with van der Waals surface area (Å²) >= 11 is 11.9. The molecule has 4 atom stereocenters. The highest BCUT2D eigenvalue weighted by Gasteiger charge is 2.44. The van der Waals surface area contributed by atoms with E-state index < -0.39 is 0 Å². The number of nitrogens with one attached hydrogen (secondary N) is 2. The Morgan fingerprint density at radius 1 is 1.32 bits per heavy atom. The van der Waals surface area contributed by atoms with Gasteiger partial charge < -0.3 is 15.7 Å². The summed E-state index contributed by atoms with van der Waals surface area (Å²) in [5.41, 5.74) is 1.06. The lowest BCUT2D eigenvalue weighted by atomic mass is 10.1. The zero-order valence-electron chi connectivity index (χ0n) is 11.9. The van der Waals surface area contributed by atoms with Gasteiger partial charge in [0, 0.05) is 31.5 Å². The predicted octanol–water partition coefficient (Wildman–Crippen LogP) is 2.22. The Balaban J connectivity index is 0.00000176. The van der Waals surface area contributed by atoms with E-state index in [0.29, 0.717) is 23.1 Å². The van der Waals surface area contributed by atoms with Gasteiger partial charge in [-0.3, -0.25) is 4.79 Å². The van der Waals surface area contributed by atoms with E-state index in [2.05, 4.69) is 10.6 Å². The molecule has 2 aliphatic rings. The number of hydrogen-bond donors (Lipinski definition) is 3. The molecule has 0 radical (unpaired) electrons. The van der Waals surface area contributed by atoms with Gasteiger partial charge in [0.15, 0.2) is 0 Å². The van der Waals surface area contributed by atoms with Crippen molar-refractivity contribution < 1.29 is 9.90 Å². The molecule has 2 fully saturated rings. The van der Waals surface area contributed by atoms with Gasteiger partial charge in [0.1, 0.15) is 0 Å². The predicted molar refractivity (Wildman–Crippen MR) is 89.9 cm³/mol. The lowest BCUT2D eigenvalue weighted by molar-refractivity contribution is -0.122. The number of carbonyl (C=O) groups excluding carboxylic acids is 1. The number of aliphatic hydroxyl groups is 1. The molecule has 3 N–H and O–H groups in total. The zero-order chi connectivity index (χ0) is 15.0. The molecule has 0 spiro atoms. The second-order valence-corrected chi connectivity index (χ2v) is 6.67. The van der Waals surface area contributed by atoms with Crippen LogP contribution in [0.25, 0.3) is 0 Å². The van der Waals surface area contributed by atoms with E-state index >= 15 is 0 Å². The van der Waals surface area contributed by atoms with Gasteiger partial charge in [-0.1, -0.05) is 29.3 Å². The van der Waals surface area contributed by atoms with Crippen molar-refractivity contribution in [1.29, 1.82) is 0 Å². The van der Waals surface area contributed by atoms with Gasteiger partial charge in [0.25, 0.3) is 0 Å². The summed E-state index contributed by atoms with van der Waals surface area (Å²) in [6, 6.07) is 5.54. The van der Waals surface area contributed by atoms with Crippen LogP contribution < -0.4 is 10.6 Å². The molecule has 0 bridgehead atoms. The van der Waals surface area contributed by atoms with Crippen LogP contribution in [-0.4, -0.2) is 36.8 Å². The number of hydrogen-bond acceptors (Lipinski definition) is 3. The highest BCUT2D eigenvalue weighted by Crippen LogP contribution is 2.48. The molecule has 1 aliphatic heterocycles. The summed E-state index contributed by atoms with van der Waals surface area (Å²) in [7, 11) is 0. The maximum atomic E-state index is 12.1. The highest BCUT2D eigenvalue weighted by molar-refractivity contribution is 6.42. The molecule has 1 saturated heterocycles. The first kappa shape index (κ1) is 17.8. The first-order valence-corrected chi connectivity index (χ1v) is 7.93. The fraction of sp³-hybridized carbons (Fsp3) is 0.533. The quantitative estimate of drug-likeness (QED) is 0.767. The van der Waals surface area contributed by atoms with Crippen molar-refractivity contribution in [2.24, 2.45) is 11.8 Å². The Labute approximate surface area is 146 Å². The van der Waals surface area contributed by atoms with Crippen LogP contribution >= 0.6 is 35.6 Å². The maximum Gasteiger partial charge on any atom is 0.223 e. The fourth-order valence-electron chi connectivity index (χ4n) is 2.89. The third kappa shape index (κ3) is 3.87. The average Bonchev–Trinajstić information content (AvgIpc) is 3.16. The van der Waals surface area contributed by atoms with Crippen molar-refractivity contribution in [2.45, 2.75) is 18.4 Å². The summed E-state index contributed by atoms with van der Waals surface area (Å²) < 4.78 is 0. The normalized spacial score (nSPS) is 29.8. The van der Waals surface area contributed by atoms with Gasteiger partial charge in [-0.2, -0.15) is 0 Å². The van der Waals surface area contributed by atoms with Crippen molar-refractivity contribution in [1.82, 2.24) is 10.6 Å². The van der Waals surface area contributed by atoms with E-state index in [9.17, 15) is 9.90 Å². The molecule has 4 nitrogen and oxygen atoms in total. The van der Waals surface area contributed by atoms with Gasteiger partial charge in [0.05, 0.1) is 16.1 Å². The van der Waals surface area contributed by atoms with Crippen LogP contribution in [0.3, 0.4) is 0 Å². The zero-order valence-corrected chi connectivity index (χ0v) is 14.2. The number of rotatable bonds is 4. The Kier molecular flexibility index (Phi) is 5.97. The number of amides is 1. The number of halogens is 3. The lowest BCUT2D eigenvalue weighted by Gasteiger charge is -2.14. The van der Waals surface area contributed by atoms with Gasteiger partial charge in [-0.15, -0.1) is 12.4 Å². The van der Waals surface area contributed by atoms with Crippen LogP contribution in [0, 0.1) is 11.8 Å². The molecule has 0 aromatic heterocycles. The smallest absolute Gasteiger partial charge is 0.223 e. The monoisotopic (exact) mass is 364 g/mol. The summed E-state index contributed by atoms with van der Waals surface area (Å²) in [6.07, 6.45) is 0.477. The van der Waals surface area contributed by atoms with Crippen molar-refractivity contribution in [3.63, 3.8) is 0 Å². The second kappa shape index (κ2) is 7.37. The van der Waals surface area contributed by atoms with Gasteiger partial charge >= 0.3 is 0 Å². The molecule has 7 heteroatoms. The number of aliphatic hydroxyl groups excluding tert-OH is 1. The molecule has 1 aromatic carbocycles. The fourth-order valence-corrected chi connectivity index (χ4v) is 3.19. The van der Waals surface area contributed by atoms with Crippen molar-refractivity contribution in [2.75, 3.05) is 19.6 Å². The third-order valence-electron chi connectivity index (χ3n) is 4.34. The molecular formula is C15H19Cl3N2O2. The molecule has 3 rings (SSSR count). The van der Waals surface area contributed by atoms with E-state index in [1.165, 1.54) is 0 Å². The van der Waals surface area contributed by atoms with Crippen molar-refractivity contribution >= 4 is 41.5 Å². The number of benzene rings is 1. The Morgan fingerprint density at radius 2 is 2.09 bits per heavy atom. The molecule has 1 heterocycles. The topological polar surface area (TPSA) is 61.4 Å². The Morgan fingerprint density at radius 3 is 2.73 bits per heavy atom. The van der Waals surface area contributed by atoms with Crippen LogP contribution in [-0.2, 0) is 4.79 Å². The third-order valence-corrected chi connectivity index (χ3v) is 5.08. The number of carbonyl (C=O) groups is 1. The summed E-state index contributed by atoms with van der Waals surface area (Å²) in [5.74, 6) is 0.404. The second-order valence-electron chi connectivity index (χ2n) is 5.85. The molecule has 22 heavy (non-hydrogen) atoms. The minimum Gasteiger partial charge on any atom is -0.391 e. The molecule has 1 saturated carbocycles. The largest absolute Gasteiger partial charge is 0.391 e.